The summed E-state index contributed by atoms with van der Waals surface area (Å²) in [6, 6.07) is 9.60. The molecule has 4 rings (SSSR count). The fourth-order valence-electron chi connectivity index (χ4n) is 4.63. The molecule has 3 aliphatic heterocycles. The number of hydrogen-bond donors (Lipinski definition) is 1. The van der Waals surface area contributed by atoms with Gasteiger partial charge in [-0.05, 0) is 18.4 Å². The first-order valence-electron chi connectivity index (χ1n) is 8.64. The minimum atomic E-state index is -0.960. The number of nitrogens with zero attached hydrogens (tertiary/aromatic N) is 1. The van der Waals surface area contributed by atoms with Gasteiger partial charge in [0.05, 0.1) is 18.1 Å². The lowest BCUT2D eigenvalue weighted by atomic mass is 9.74. The summed E-state index contributed by atoms with van der Waals surface area (Å²) < 4.78 is 6.12. The van der Waals surface area contributed by atoms with E-state index in [1.54, 1.807) is 0 Å². The first-order chi connectivity index (χ1) is 12.1. The molecule has 1 amide bonds. The van der Waals surface area contributed by atoms with Crippen LogP contribution in [0.3, 0.4) is 0 Å². The monoisotopic (exact) mass is 339 g/mol. The SMILES string of the molecule is C=CCC[C@H]1N(Cc2ccccc2)C(=O)[C@@H]2[C@H](C(=O)O)[C@H]3C=C[C@]21O3. The summed E-state index contributed by atoms with van der Waals surface area (Å²) in [6.45, 7) is 4.25. The fraction of sp³-hybridized carbons (Fsp3) is 0.400. The fourth-order valence-corrected chi connectivity index (χ4v) is 4.63. The lowest BCUT2D eigenvalue weighted by Crippen LogP contribution is -2.44. The van der Waals surface area contributed by atoms with Crippen molar-refractivity contribution in [1.82, 2.24) is 4.90 Å². The molecule has 0 aliphatic carbocycles. The summed E-state index contributed by atoms with van der Waals surface area (Å²) in [7, 11) is 0. The Morgan fingerprint density at radius 1 is 1.36 bits per heavy atom. The Bertz CT molecular complexity index is 743. The zero-order valence-corrected chi connectivity index (χ0v) is 13.9. The molecule has 2 fully saturated rings. The second kappa shape index (κ2) is 5.85. The van der Waals surface area contributed by atoms with E-state index in [9.17, 15) is 14.7 Å². The van der Waals surface area contributed by atoms with Gasteiger partial charge in [-0.25, -0.2) is 0 Å². The van der Waals surface area contributed by atoms with E-state index in [2.05, 4.69) is 6.58 Å². The predicted octanol–water partition coefficient (Wildman–Crippen LogP) is 2.39. The van der Waals surface area contributed by atoms with Crippen LogP contribution in [0.1, 0.15) is 18.4 Å². The summed E-state index contributed by atoms with van der Waals surface area (Å²) >= 11 is 0. The Balaban J connectivity index is 1.72. The van der Waals surface area contributed by atoms with E-state index >= 15 is 0 Å². The Morgan fingerprint density at radius 2 is 2.12 bits per heavy atom. The highest BCUT2D eigenvalue weighted by Gasteiger charge is 2.70. The molecule has 0 unspecified atom stereocenters. The molecule has 1 spiro atoms. The number of carboxylic acid groups (broad SMARTS) is 1. The Hall–Kier alpha value is -2.40. The molecule has 2 saturated heterocycles. The molecule has 3 aliphatic rings. The first-order valence-corrected chi connectivity index (χ1v) is 8.64. The maximum Gasteiger partial charge on any atom is 0.310 e. The number of rotatable bonds is 6. The molecule has 25 heavy (non-hydrogen) atoms. The van der Waals surface area contributed by atoms with Gasteiger partial charge in [0.15, 0.2) is 0 Å². The summed E-state index contributed by atoms with van der Waals surface area (Å²) in [5, 5.41) is 9.63. The largest absolute Gasteiger partial charge is 0.481 e. The molecule has 0 saturated carbocycles. The van der Waals surface area contributed by atoms with Gasteiger partial charge in [0.1, 0.15) is 11.5 Å². The molecule has 5 atom stereocenters. The van der Waals surface area contributed by atoms with Crippen LogP contribution in [0.5, 0.6) is 0 Å². The molecule has 0 aromatic heterocycles. The summed E-state index contributed by atoms with van der Waals surface area (Å²) in [6.07, 6.45) is 6.53. The zero-order chi connectivity index (χ0) is 17.6. The molecule has 0 radical (unpaired) electrons. The van der Waals surface area contributed by atoms with Gasteiger partial charge in [0.2, 0.25) is 5.91 Å². The minimum absolute atomic E-state index is 0.114. The number of fused-ring (bicyclic) bond motifs is 1. The van der Waals surface area contributed by atoms with Crippen LogP contribution in [0, 0.1) is 11.8 Å². The van der Waals surface area contributed by atoms with E-state index in [-0.39, 0.29) is 11.9 Å². The smallest absolute Gasteiger partial charge is 0.310 e. The van der Waals surface area contributed by atoms with Crippen LogP contribution in [0.25, 0.3) is 0 Å². The van der Waals surface area contributed by atoms with Crippen molar-refractivity contribution in [1.29, 1.82) is 0 Å². The highest BCUT2D eigenvalue weighted by atomic mass is 16.5. The highest BCUT2D eigenvalue weighted by molar-refractivity contribution is 5.91. The van der Waals surface area contributed by atoms with Gasteiger partial charge >= 0.3 is 5.97 Å². The van der Waals surface area contributed by atoms with Gasteiger partial charge in [-0.15, -0.1) is 6.58 Å². The van der Waals surface area contributed by atoms with Crippen LogP contribution < -0.4 is 0 Å². The number of likely N-dealkylation sites (tertiary alicyclic amines) is 1. The molecule has 5 heteroatoms. The average molecular weight is 339 g/mol. The Morgan fingerprint density at radius 3 is 2.80 bits per heavy atom. The summed E-state index contributed by atoms with van der Waals surface area (Å²) in [5.74, 6) is -2.51. The third-order valence-corrected chi connectivity index (χ3v) is 5.66. The van der Waals surface area contributed by atoms with E-state index in [0.717, 1.165) is 12.0 Å². The summed E-state index contributed by atoms with van der Waals surface area (Å²) in [4.78, 5) is 26.8. The van der Waals surface area contributed by atoms with E-state index < -0.39 is 29.5 Å². The number of carbonyl (C=O) groups is 2. The van der Waals surface area contributed by atoms with Crippen molar-refractivity contribution >= 4 is 11.9 Å². The molecular formula is C20H21NO4. The van der Waals surface area contributed by atoms with Crippen molar-refractivity contribution in [2.24, 2.45) is 11.8 Å². The van der Waals surface area contributed by atoms with E-state index in [1.165, 1.54) is 0 Å². The average Bonchev–Trinajstić information content (AvgIpc) is 3.24. The van der Waals surface area contributed by atoms with Crippen LogP contribution in [0.15, 0.2) is 55.1 Å². The summed E-state index contributed by atoms with van der Waals surface area (Å²) in [5.41, 5.74) is 0.212. The minimum Gasteiger partial charge on any atom is -0.481 e. The number of allylic oxidation sites excluding steroid dienone is 1. The van der Waals surface area contributed by atoms with Crippen LogP contribution >= 0.6 is 0 Å². The normalized spacial score (nSPS) is 35.2. The Kier molecular flexibility index (Phi) is 3.76. The Labute approximate surface area is 146 Å². The molecule has 3 heterocycles. The van der Waals surface area contributed by atoms with Gasteiger partial charge in [0, 0.05) is 6.54 Å². The van der Waals surface area contributed by atoms with Gasteiger partial charge in [-0.3, -0.25) is 9.59 Å². The molecule has 5 nitrogen and oxygen atoms in total. The number of benzene rings is 1. The van der Waals surface area contributed by atoms with Crippen molar-refractivity contribution in [3.8, 4) is 0 Å². The molecule has 1 N–H and O–H groups in total. The standard InChI is InChI=1S/C20H21NO4/c1-2-3-9-15-20-11-10-14(25-20)16(19(23)24)17(20)18(22)21(15)12-13-7-5-4-6-8-13/h2,4-8,10-11,14-17H,1,3,9,12H2,(H,23,24)/t14-,15-,16-,17+,20-/m1/s1. The second-order valence-corrected chi connectivity index (χ2v) is 6.97. The van der Waals surface area contributed by atoms with E-state index in [0.29, 0.717) is 13.0 Å². The molecule has 1 aromatic carbocycles. The number of aliphatic carboxylic acids is 1. The lowest BCUT2D eigenvalue weighted by molar-refractivity contribution is -0.148. The maximum atomic E-state index is 13.2. The van der Waals surface area contributed by atoms with Crippen molar-refractivity contribution in [3.63, 3.8) is 0 Å². The number of carboxylic acids is 1. The molecular weight excluding hydrogens is 318 g/mol. The van der Waals surface area contributed by atoms with Crippen molar-refractivity contribution in [3.05, 3.63) is 60.7 Å². The van der Waals surface area contributed by atoms with Crippen molar-refractivity contribution in [2.75, 3.05) is 0 Å². The number of carbonyl (C=O) groups excluding carboxylic acids is 1. The lowest BCUT2D eigenvalue weighted by Gasteiger charge is -2.33. The highest BCUT2D eigenvalue weighted by Crippen LogP contribution is 2.56. The van der Waals surface area contributed by atoms with Gasteiger partial charge in [-0.2, -0.15) is 0 Å². The van der Waals surface area contributed by atoms with E-state index in [1.807, 2.05) is 53.5 Å². The van der Waals surface area contributed by atoms with Crippen LogP contribution in [-0.2, 0) is 20.9 Å². The van der Waals surface area contributed by atoms with Crippen molar-refractivity contribution < 1.29 is 19.4 Å². The molecule has 1 aromatic rings. The number of hydrogen-bond acceptors (Lipinski definition) is 3. The topological polar surface area (TPSA) is 66.8 Å². The number of ether oxygens (including phenoxy) is 1. The van der Waals surface area contributed by atoms with Gasteiger partial charge in [0.25, 0.3) is 0 Å². The number of amides is 1. The first kappa shape index (κ1) is 16.1. The van der Waals surface area contributed by atoms with Crippen molar-refractivity contribution in [2.45, 2.75) is 37.1 Å². The molecule has 2 bridgehead atoms. The third kappa shape index (κ3) is 2.26. The maximum absolute atomic E-state index is 13.2. The second-order valence-electron chi connectivity index (χ2n) is 6.97. The van der Waals surface area contributed by atoms with E-state index in [4.69, 9.17) is 4.74 Å². The van der Waals surface area contributed by atoms with Crippen LogP contribution in [-0.4, -0.2) is 39.6 Å². The molecule has 130 valence electrons. The quantitative estimate of drug-likeness (QED) is 0.808. The van der Waals surface area contributed by atoms with Gasteiger partial charge in [-0.1, -0.05) is 48.6 Å². The van der Waals surface area contributed by atoms with Gasteiger partial charge < -0.3 is 14.7 Å². The predicted molar refractivity (Wildman–Crippen MR) is 91.6 cm³/mol. The zero-order valence-electron chi connectivity index (χ0n) is 13.9. The van der Waals surface area contributed by atoms with Crippen LogP contribution in [0.4, 0.5) is 0 Å². The third-order valence-electron chi connectivity index (χ3n) is 5.66. The van der Waals surface area contributed by atoms with Crippen LogP contribution in [0.2, 0.25) is 0 Å².